The maximum atomic E-state index is 12.7. The van der Waals surface area contributed by atoms with Crippen LogP contribution >= 0.6 is 0 Å². The van der Waals surface area contributed by atoms with Crippen molar-refractivity contribution in [3.63, 3.8) is 0 Å². The van der Waals surface area contributed by atoms with Crippen LogP contribution < -0.4 is 0 Å². The van der Waals surface area contributed by atoms with Crippen LogP contribution in [0.3, 0.4) is 0 Å². The average molecular weight is 332 g/mol. The SMILES string of the molecule is COC(=O)C1(C(=O)OC)CC2=C(C)C(=O)C3C(=O)CC4CCC1C243. The molecule has 4 aliphatic carbocycles. The zero-order valence-corrected chi connectivity index (χ0v) is 14.0. The van der Waals surface area contributed by atoms with E-state index in [1.165, 1.54) is 14.2 Å². The van der Waals surface area contributed by atoms with Gasteiger partial charge in [0.25, 0.3) is 0 Å². The molecule has 0 aliphatic heterocycles. The molecule has 24 heavy (non-hydrogen) atoms. The van der Waals surface area contributed by atoms with Gasteiger partial charge in [0, 0.05) is 11.8 Å². The summed E-state index contributed by atoms with van der Waals surface area (Å²) in [6.07, 6.45) is 1.87. The van der Waals surface area contributed by atoms with E-state index < -0.39 is 34.6 Å². The summed E-state index contributed by atoms with van der Waals surface area (Å²) < 4.78 is 9.96. The van der Waals surface area contributed by atoms with Gasteiger partial charge in [0.1, 0.15) is 5.78 Å². The molecule has 128 valence electrons. The molecule has 3 saturated carbocycles. The van der Waals surface area contributed by atoms with E-state index in [-0.39, 0.29) is 23.9 Å². The maximum absolute atomic E-state index is 12.7. The van der Waals surface area contributed by atoms with Crippen molar-refractivity contribution in [3.8, 4) is 0 Å². The first-order valence-electron chi connectivity index (χ1n) is 8.31. The summed E-state index contributed by atoms with van der Waals surface area (Å²) >= 11 is 0. The second kappa shape index (κ2) is 4.55. The van der Waals surface area contributed by atoms with Gasteiger partial charge in [-0.25, -0.2) is 0 Å². The van der Waals surface area contributed by atoms with Crippen molar-refractivity contribution in [2.24, 2.45) is 28.6 Å². The van der Waals surface area contributed by atoms with Crippen LogP contribution in [0.4, 0.5) is 0 Å². The Labute approximate surface area is 139 Å². The summed E-state index contributed by atoms with van der Waals surface area (Å²) in [6, 6.07) is 0. The molecule has 4 rings (SSSR count). The predicted octanol–water partition coefficient (Wildman–Crippen LogP) is 1.22. The molecule has 4 atom stereocenters. The number of methoxy groups -OCH3 is 2. The molecule has 6 heteroatoms. The van der Waals surface area contributed by atoms with E-state index >= 15 is 0 Å². The Bertz CT molecular complexity index is 716. The molecule has 0 saturated heterocycles. The highest BCUT2D eigenvalue weighted by Crippen LogP contribution is 2.76. The van der Waals surface area contributed by atoms with E-state index in [1.54, 1.807) is 6.92 Å². The van der Waals surface area contributed by atoms with Crippen LogP contribution in [0.5, 0.6) is 0 Å². The lowest BCUT2D eigenvalue weighted by Crippen LogP contribution is -2.48. The number of Topliss-reactive ketones (excluding diaryl/α,β-unsaturated/α-hetero) is 2. The largest absolute Gasteiger partial charge is 0.468 e. The minimum absolute atomic E-state index is 0.0348. The van der Waals surface area contributed by atoms with Crippen LogP contribution in [0.15, 0.2) is 11.1 Å². The number of carbonyl (C=O) groups is 4. The van der Waals surface area contributed by atoms with Gasteiger partial charge in [-0.1, -0.05) is 5.57 Å². The number of rotatable bonds is 2. The van der Waals surface area contributed by atoms with E-state index in [0.717, 1.165) is 12.0 Å². The lowest BCUT2D eigenvalue weighted by Gasteiger charge is -2.36. The normalized spacial score (nSPS) is 38.4. The Hall–Kier alpha value is -1.98. The minimum Gasteiger partial charge on any atom is -0.468 e. The van der Waals surface area contributed by atoms with Gasteiger partial charge in [0.2, 0.25) is 0 Å². The molecule has 0 N–H and O–H groups in total. The number of ketones is 2. The summed E-state index contributed by atoms with van der Waals surface area (Å²) in [7, 11) is 2.52. The van der Waals surface area contributed by atoms with Crippen molar-refractivity contribution < 1.29 is 28.7 Å². The molecule has 6 nitrogen and oxygen atoms in total. The predicted molar refractivity (Wildman–Crippen MR) is 80.6 cm³/mol. The fourth-order valence-corrected chi connectivity index (χ4v) is 6.37. The summed E-state index contributed by atoms with van der Waals surface area (Å²) in [6.45, 7) is 1.72. The maximum Gasteiger partial charge on any atom is 0.323 e. The summed E-state index contributed by atoms with van der Waals surface area (Å²) in [5, 5.41) is 0. The van der Waals surface area contributed by atoms with Crippen molar-refractivity contribution in [2.45, 2.75) is 32.6 Å². The number of carbonyl (C=O) groups excluding carboxylic acids is 4. The van der Waals surface area contributed by atoms with Gasteiger partial charge in [0.15, 0.2) is 11.2 Å². The fraction of sp³-hybridized carbons (Fsp3) is 0.667. The van der Waals surface area contributed by atoms with Crippen LogP contribution in [0, 0.1) is 28.6 Å². The Morgan fingerprint density at radius 3 is 2.29 bits per heavy atom. The van der Waals surface area contributed by atoms with Gasteiger partial charge in [-0.15, -0.1) is 0 Å². The first kappa shape index (κ1) is 15.5. The third-order valence-electron chi connectivity index (χ3n) is 7.06. The van der Waals surface area contributed by atoms with Crippen LogP contribution in [0.2, 0.25) is 0 Å². The van der Waals surface area contributed by atoms with Crippen molar-refractivity contribution in [2.75, 3.05) is 14.2 Å². The van der Waals surface area contributed by atoms with Gasteiger partial charge < -0.3 is 9.47 Å². The Kier molecular flexibility index (Phi) is 2.95. The molecule has 0 aromatic heterocycles. The van der Waals surface area contributed by atoms with Crippen LogP contribution in [0.25, 0.3) is 0 Å². The second-order valence-corrected chi connectivity index (χ2v) is 7.46. The summed E-state index contributed by atoms with van der Waals surface area (Å²) in [5.41, 5.74) is -0.717. The number of esters is 2. The van der Waals surface area contributed by atoms with Crippen LogP contribution in [0.1, 0.15) is 32.6 Å². The third-order valence-corrected chi connectivity index (χ3v) is 7.06. The number of hydrogen-bond acceptors (Lipinski definition) is 6. The number of hydrogen-bond donors (Lipinski definition) is 0. The Morgan fingerprint density at radius 1 is 1.08 bits per heavy atom. The molecule has 0 aromatic rings. The highest BCUT2D eigenvalue weighted by molar-refractivity contribution is 6.17. The van der Waals surface area contributed by atoms with Gasteiger partial charge >= 0.3 is 11.9 Å². The molecule has 0 aromatic carbocycles. The molecular weight excluding hydrogens is 312 g/mol. The molecular formula is C18H20O6. The van der Waals surface area contributed by atoms with E-state index in [0.29, 0.717) is 18.4 Å². The van der Waals surface area contributed by atoms with Crippen molar-refractivity contribution in [1.29, 1.82) is 0 Å². The zero-order valence-electron chi connectivity index (χ0n) is 14.0. The molecule has 0 heterocycles. The number of ether oxygens (including phenoxy) is 2. The van der Waals surface area contributed by atoms with Gasteiger partial charge in [-0.05, 0) is 43.6 Å². The quantitative estimate of drug-likeness (QED) is 0.558. The molecule has 0 amide bonds. The summed E-state index contributed by atoms with van der Waals surface area (Å²) in [5.74, 6) is -2.48. The van der Waals surface area contributed by atoms with E-state index in [2.05, 4.69) is 0 Å². The number of allylic oxidation sites excluding steroid dienone is 2. The van der Waals surface area contributed by atoms with Gasteiger partial charge in [-0.2, -0.15) is 0 Å². The molecule has 4 unspecified atom stereocenters. The first-order valence-corrected chi connectivity index (χ1v) is 8.31. The standard InChI is InChI=1S/C18H20O6/c1-8-10-7-17(15(21)23-2,16(22)24-3)12-5-4-9-6-11(19)13(14(8)20)18(9,10)12/h9,12-13H,4-7H2,1-3H3. The lowest BCUT2D eigenvalue weighted by molar-refractivity contribution is -0.174. The van der Waals surface area contributed by atoms with E-state index in [4.69, 9.17) is 9.47 Å². The van der Waals surface area contributed by atoms with Crippen molar-refractivity contribution >= 4 is 23.5 Å². The average Bonchev–Trinajstić information content (AvgIpc) is 3.21. The van der Waals surface area contributed by atoms with Crippen LogP contribution in [-0.4, -0.2) is 37.7 Å². The zero-order chi connectivity index (χ0) is 17.4. The summed E-state index contributed by atoms with van der Waals surface area (Å²) in [4.78, 5) is 50.6. The second-order valence-electron chi connectivity index (χ2n) is 7.46. The molecule has 1 spiro atoms. The van der Waals surface area contributed by atoms with Crippen molar-refractivity contribution in [3.05, 3.63) is 11.1 Å². The highest BCUT2D eigenvalue weighted by Gasteiger charge is 2.79. The van der Waals surface area contributed by atoms with E-state index in [1.807, 2.05) is 0 Å². The third kappa shape index (κ3) is 1.32. The Balaban J connectivity index is 1.99. The molecule has 3 fully saturated rings. The van der Waals surface area contributed by atoms with E-state index in [9.17, 15) is 19.2 Å². The monoisotopic (exact) mass is 332 g/mol. The smallest absolute Gasteiger partial charge is 0.323 e. The minimum atomic E-state index is -1.43. The van der Waals surface area contributed by atoms with Gasteiger partial charge in [0.05, 0.1) is 20.1 Å². The van der Waals surface area contributed by atoms with Gasteiger partial charge in [-0.3, -0.25) is 19.2 Å². The molecule has 0 bridgehead atoms. The van der Waals surface area contributed by atoms with Crippen LogP contribution in [-0.2, 0) is 28.7 Å². The Morgan fingerprint density at radius 2 is 1.71 bits per heavy atom. The molecule has 4 aliphatic rings. The highest BCUT2D eigenvalue weighted by atomic mass is 16.5. The lowest BCUT2D eigenvalue weighted by atomic mass is 9.65. The van der Waals surface area contributed by atoms with Crippen molar-refractivity contribution in [1.82, 2.24) is 0 Å². The topological polar surface area (TPSA) is 86.7 Å². The first-order chi connectivity index (χ1) is 11.4. The molecule has 0 radical (unpaired) electrons. The fourth-order valence-electron chi connectivity index (χ4n) is 6.37.